The van der Waals surface area contributed by atoms with Crippen molar-refractivity contribution in [2.24, 2.45) is 0 Å². The van der Waals surface area contributed by atoms with Crippen molar-refractivity contribution in [2.75, 3.05) is 12.4 Å². The Balaban J connectivity index is 1.99. The standard InChI is InChI=1S/C18H18ClN3O3/c1-25-16-8-3-2-7-14(16)22-15(10-20)17(23)18(24)21-11-12-5-4-6-13(19)9-12/h2-9,15,17,22-23H,11H2,1H3,(H,21,24). The predicted molar refractivity (Wildman–Crippen MR) is 95.3 cm³/mol. The van der Waals surface area contributed by atoms with Gasteiger partial charge in [0.05, 0.1) is 18.9 Å². The second-order valence-corrected chi connectivity index (χ2v) is 5.68. The molecule has 0 aliphatic heterocycles. The molecule has 2 aromatic carbocycles. The Hall–Kier alpha value is -2.75. The molecule has 0 aliphatic rings. The van der Waals surface area contributed by atoms with Gasteiger partial charge in [0.2, 0.25) is 0 Å². The molecule has 6 nitrogen and oxygen atoms in total. The van der Waals surface area contributed by atoms with Crippen molar-refractivity contribution in [2.45, 2.75) is 18.7 Å². The minimum absolute atomic E-state index is 0.198. The molecule has 0 spiro atoms. The number of nitrogens with one attached hydrogen (secondary N) is 2. The molecule has 0 saturated carbocycles. The molecule has 130 valence electrons. The van der Waals surface area contributed by atoms with Crippen LogP contribution in [0.2, 0.25) is 5.02 Å². The normalized spacial score (nSPS) is 12.6. The summed E-state index contributed by atoms with van der Waals surface area (Å²) in [5, 5.41) is 25.4. The van der Waals surface area contributed by atoms with Crippen molar-refractivity contribution in [1.82, 2.24) is 5.32 Å². The van der Waals surface area contributed by atoms with Gasteiger partial charge in [0.1, 0.15) is 11.8 Å². The predicted octanol–water partition coefficient (Wildman–Crippen LogP) is 2.33. The van der Waals surface area contributed by atoms with Crippen molar-refractivity contribution >= 4 is 23.2 Å². The van der Waals surface area contributed by atoms with E-state index in [1.807, 2.05) is 6.07 Å². The highest BCUT2D eigenvalue weighted by molar-refractivity contribution is 6.30. The summed E-state index contributed by atoms with van der Waals surface area (Å²) >= 11 is 5.89. The molecule has 0 aromatic heterocycles. The molecule has 2 unspecified atom stereocenters. The highest BCUT2D eigenvalue weighted by Gasteiger charge is 2.26. The van der Waals surface area contributed by atoms with Gasteiger partial charge >= 0.3 is 0 Å². The lowest BCUT2D eigenvalue weighted by Gasteiger charge is -2.20. The summed E-state index contributed by atoms with van der Waals surface area (Å²) in [6.45, 7) is 0.198. The van der Waals surface area contributed by atoms with Crippen molar-refractivity contribution in [3.8, 4) is 11.8 Å². The van der Waals surface area contributed by atoms with Crippen LogP contribution in [0.25, 0.3) is 0 Å². The first-order chi connectivity index (χ1) is 12.0. The smallest absolute Gasteiger partial charge is 0.252 e. The van der Waals surface area contributed by atoms with Gasteiger partial charge in [-0.05, 0) is 29.8 Å². The zero-order valence-electron chi connectivity index (χ0n) is 13.6. The Morgan fingerprint density at radius 2 is 2.08 bits per heavy atom. The number of methoxy groups -OCH3 is 1. The number of nitrogens with zero attached hydrogens (tertiary/aromatic N) is 1. The average Bonchev–Trinajstić information content (AvgIpc) is 2.64. The number of nitriles is 1. The van der Waals surface area contributed by atoms with Gasteiger partial charge in [0.15, 0.2) is 6.10 Å². The lowest BCUT2D eigenvalue weighted by molar-refractivity contribution is -0.129. The Kier molecular flexibility index (Phi) is 6.63. The van der Waals surface area contributed by atoms with Gasteiger partial charge in [0, 0.05) is 11.6 Å². The fraction of sp³-hybridized carbons (Fsp3) is 0.222. The molecule has 25 heavy (non-hydrogen) atoms. The highest BCUT2D eigenvalue weighted by atomic mass is 35.5. The van der Waals surface area contributed by atoms with Crippen LogP contribution in [-0.4, -0.2) is 30.3 Å². The number of carbonyl (C=O) groups is 1. The molecule has 0 heterocycles. The van der Waals surface area contributed by atoms with Crippen LogP contribution >= 0.6 is 11.6 Å². The molecule has 2 atom stereocenters. The van der Waals surface area contributed by atoms with Crippen LogP contribution in [0.1, 0.15) is 5.56 Å². The summed E-state index contributed by atoms with van der Waals surface area (Å²) in [5.41, 5.74) is 1.30. The second-order valence-electron chi connectivity index (χ2n) is 5.24. The number of halogens is 1. The molecule has 0 bridgehead atoms. The summed E-state index contributed by atoms with van der Waals surface area (Å²) < 4.78 is 5.18. The number of benzene rings is 2. The number of ether oxygens (including phenoxy) is 1. The minimum atomic E-state index is -1.55. The van der Waals surface area contributed by atoms with Crippen LogP contribution in [0.15, 0.2) is 48.5 Å². The Labute approximate surface area is 151 Å². The van der Waals surface area contributed by atoms with E-state index in [-0.39, 0.29) is 6.54 Å². The summed E-state index contributed by atoms with van der Waals surface area (Å²) in [6.07, 6.45) is -1.55. The van der Waals surface area contributed by atoms with Crippen LogP contribution in [0.3, 0.4) is 0 Å². The molecule has 0 fully saturated rings. The first-order valence-corrected chi connectivity index (χ1v) is 7.92. The SMILES string of the molecule is COc1ccccc1NC(C#N)C(O)C(=O)NCc1cccc(Cl)c1. The van der Waals surface area contributed by atoms with E-state index in [9.17, 15) is 15.2 Å². The van der Waals surface area contributed by atoms with E-state index in [1.54, 1.807) is 48.5 Å². The topological polar surface area (TPSA) is 94.4 Å². The lowest BCUT2D eigenvalue weighted by Crippen LogP contribution is -2.44. The van der Waals surface area contributed by atoms with Gasteiger partial charge in [-0.25, -0.2) is 0 Å². The van der Waals surface area contributed by atoms with Gasteiger partial charge < -0.3 is 20.5 Å². The summed E-state index contributed by atoms with van der Waals surface area (Å²) in [5.74, 6) is -0.150. The first-order valence-electron chi connectivity index (χ1n) is 7.54. The Morgan fingerprint density at radius 3 is 2.76 bits per heavy atom. The van der Waals surface area contributed by atoms with Crippen LogP contribution in [0.4, 0.5) is 5.69 Å². The van der Waals surface area contributed by atoms with Gasteiger partial charge in [0.25, 0.3) is 5.91 Å². The molecule has 2 rings (SSSR count). The van der Waals surface area contributed by atoms with Gasteiger partial charge in [-0.1, -0.05) is 35.9 Å². The minimum Gasteiger partial charge on any atom is -0.495 e. The number of carbonyl (C=O) groups excluding carboxylic acids is 1. The molecule has 2 aromatic rings. The molecule has 0 aliphatic carbocycles. The summed E-state index contributed by atoms with van der Waals surface area (Å²) in [7, 11) is 1.50. The number of aliphatic hydroxyl groups is 1. The molecule has 3 N–H and O–H groups in total. The average molecular weight is 360 g/mol. The largest absolute Gasteiger partial charge is 0.495 e. The molecule has 7 heteroatoms. The zero-order chi connectivity index (χ0) is 18.2. The maximum Gasteiger partial charge on any atom is 0.252 e. The lowest BCUT2D eigenvalue weighted by atomic mass is 10.1. The van der Waals surface area contributed by atoms with E-state index in [2.05, 4.69) is 10.6 Å². The quantitative estimate of drug-likeness (QED) is 0.705. The summed E-state index contributed by atoms with van der Waals surface area (Å²) in [4.78, 5) is 12.1. The van der Waals surface area contributed by atoms with E-state index < -0.39 is 18.1 Å². The zero-order valence-corrected chi connectivity index (χ0v) is 14.3. The van der Waals surface area contributed by atoms with E-state index >= 15 is 0 Å². The van der Waals surface area contributed by atoms with Crippen molar-refractivity contribution < 1.29 is 14.6 Å². The van der Waals surface area contributed by atoms with Gasteiger partial charge in [-0.2, -0.15) is 5.26 Å². The van der Waals surface area contributed by atoms with Crippen LogP contribution < -0.4 is 15.4 Å². The first kappa shape index (κ1) is 18.6. The van der Waals surface area contributed by atoms with Crippen molar-refractivity contribution in [3.63, 3.8) is 0 Å². The highest BCUT2D eigenvalue weighted by Crippen LogP contribution is 2.24. The van der Waals surface area contributed by atoms with Crippen molar-refractivity contribution in [1.29, 1.82) is 5.26 Å². The fourth-order valence-corrected chi connectivity index (χ4v) is 2.42. The third-order valence-corrected chi connectivity index (χ3v) is 3.73. The monoisotopic (exact) mass is 359 g/mol. The van der Waals surface area contributed by atoms with Gasteiger partial charge in [-0.15, -0.1) is 0 Å². The van der Waals surface area contributed by atoms with E-state index in [0.717, 1.165) is 5.56 Å². The number of amides is 1. The number of hydrogen-bond acceptors (Lipinski definition) is 5. The Bertz CT molecular complexity index is 776. The number of hydrogen-bond donors (Lipinski definition) is 3. The van der Waals surface area contributed by atoms with Gasteiger partial charge in [-0.3, -0.25) is 4.79 Å². The maximum atomic E-state index is 12.1. The van der Waals surface area contributed by atoms with E-state index in [0.29, 0.717) is 16.5 Å². The number of aliphatic hydroxyl groups excluding tert-OH is 1. The van der Waals surface area contributed by atoms with Crippen LogP contribution in [0, 0.1) is 11.3 Å². The fourth-order valence-electron chi connectivity index (χ4n) is 2.21. The third-order valence-electron chi connectivity index (χ3n) is 3.50. The summed E-state index contributed by atoms with van der Waals surface area (Å²) in [6, 6.07) is 14.7. The maximum absolute atomic E-state index is 12.1. The Morgan fingerprint density at radius 1 is 1.32 bits per heavy atom. The third kappa shape index (κ3) is 5.11. The number of rotatable bonds is 7. The van der Waals surface area contributed by atoms with Crippen molar-refractivity contribution in [3.05, 3.63) is 59.1 Å². The molecule has 1 amide bonds. The number of para-hydroxylation sites is 2. The molecular weight excluding hydrogens is 342 g/mol. The van der Waals surface area contributed by atoms with Crippen LogP contribution in [-0.2, 0) is 11.3 Å². The number of anilines is 1. The molecule has 0 saturated heterocycles. The van der Waals surface area contributed by atoms with E-state index in [1.165, 1.54) is 7.11 Å². The van der Waals surface area contributed by atoms with Crippen LogP contribution in [0.5, 0.6) is 5.75 Å². The molecule has 0 radical (unpaired) electrons. The second kappa shape index (κ2) is 8.92. The molecular formula is C18H18ClN3O3. The van der Waals surface area contributed by atoms with E-state index in [4.69, 9.17) is 16.3 Å².